The minimum atomic E-state index is -1.35. The van der Waals surface area contributed by atoms with Crippen molar-refractivity contribution in [2.24, 2.45) is 5.10 Å². The summed E-state index contributed by atoms with van der Waals surface area (Å²) in [5, 5.41) is 4.53. The minimum absolute atomic E-state index is 0.188. The van der Waals surface area contributed by atoms with Crippen LogP contribution in [0.3, 0.4) is 0 Å². The van der Waals surface area contributed by atoms with E-state index in [1.165, 1.54) is 37.6 Å². The number of pyridine rings is 1. The van der Waals surface area contributed by atoms with Crippen LogP contribution in [0.5, 0.6) is 5.88 Å². The lowest BCUT2D eigenvalue weighted by Gasteiger charge is -2.22. The third-order valence-electron chi connectivity index (χ3n) is 4.42. The van der Waals surface area contributed by atoms with Gasteiger partial charge < -0.3 is 4.74 Å². The lowest BCUT2D eigenvalue weighted by molar-refractivity contribution is 0.0737. The molecule has 1 atom stereocenters. The van der Waals surface area contributed by atoms with E-state index in [1.807, 2.05) is 0 Å². The quantitative estimate of drug-likeness (QED) is 0.534. The molecule has 0 aliphatic carbocycles. The number of methoxy groups -OCH3 is 1. The number of hydrogen-bond donors (Lipinski definition) is 0. The van der Waals surface area contributed by atoms with Gasteiger partial charge in [-0.3, -0.25) is 4.79 Å². The predicted molar refractivity (Wildman–Crippen MR) is 107 cm³/mol. The van der Waals surface area contributed by atoms with Crippen LogP contribution in [-0.4, -0.2) is 28.1 Å². The Bertz CT molecular complexity index is 1160. The van der Waals surface area contributed by atoms with E-state index >= 15 is 0 Å². The Kier molecular flexibility index (Phi) is 5.64. The van der Waals surface area contributed by atoms with Gasteiger partial charge in [0.25, 0.3) is 5.91 Å². The fourth-order valence-corrected chi connectivity index (χ4v) is 4.19. The number of thioether (sulfide) groups is 1. The first kappa shape index (κ1) is 20.9. The van der Waals surface area contributed by atoms with Gasteiger partial charge in [0.05, 0.1) is 7.11 Å². The zero-order valence-corrected chi connectivity index (χ0v) is 16.7. The van der Waals surface area contributed by atoms with Crippen molar-refractivity contribution >= 4 is 22.7 Å². The van der Waals surface area contributed by atoms with E-state index in [-0.39, 0.29) is 5.88 Å². The van der Waals surface area contributed by atoms with Crippen molar-refractivity contribution in [3.63, 3.8) is 0 Å². The van der Waals surface area contributed by atoms with Crippen molar-refractivity contribution in [3.8, 4) is 5.88 Å². The van der Waals surface area contributed by atoms with Gasteiger partial charge in [-0.2, -0.15) is 5.10 Å². The number of rotatable bonds is 4. The largest absolute Gasteiger partial charge is 0.481 e. The van der Waals surface area contributed by atoms with E-state index in [0.717, 1.165) is 16.8 Å². The van der Waals surface area contributed by atoms with E-state index in [0.29, 0.717) is 28.3 Å². The highest BCUT2D eigenvalue weighted by Gasteiger charge is 2.38. The van der Waals surface area contributed by atoms with Crippen LogP contribution in [0.4, 0.5) is 17.6 Å². The molecule has 1 aromatic heterocycles. The van der Waals surface area contributed by atoms with Gasteiger partial charge in [-0.15, -0.1) is 0 Å². The monoisotopic (exact) mass is 447 g/mol. The Balaban J connectivity index is 1.81. The second kappa shape index (κ2) is 8.38. The summed E-state index contributed by atoms with van der Waals surface area (Å²) in [6, 6.07) is 9.45. The summed E-state index contributed by atoms with van der Waals surface area (Å²) in [6.07, 6.45) is 1.48. The second-order valence-electron chi connectivity index (χ2n) is 6.38. The molecule has 158 valence electrons. The smallest absolute Gasteiger partial charge is 0.281 e. The number of hydrogen-bond acceptors (Lipinski definition) is 5. The first-order valence-electron chi connectivity index (χ1n) is 8.87. The maximum atomic E-state index is 14.3. The van der Waals surface area contributed by atoms with E-state index in [9.17, 15) is 22.4 Å². The van der Waals surface area contributed by atoms with Crippen molar-refractivity contribution < 1.29 is 27.1 Å². The first-order valence-corrected chi connectivity index (χ1v) is 9.75. The van der Waals surface area contributed by atoms with Gasteiger partial charge in [-0.05, 0) is 36.4 Å². The van der Waals surface area contributed by atoms with Crippen molar-refractivity contribution in [2.45, 2.75) is 5.37 Å². The Morgan fingerprint density at radius 3 is 2.35 bits per heavy atom. The van der Waals surface area contributed by atoms with Crippen LogP contribution >= 0.6 is 11.8 Å². The molecule has 0 fully saturated rings. The Hall–Kier alpha value is -3.40. The molecule has 1 amide bonds. The third kappa shape index (κ3) is 3.98. The summed E-state index contributed by atoms with van der Waals surface area (Å²) in [7, 11) is 1.39. The SMILES string of the molecule is COc1ncccc1[C@H]1SC(c2ccc(F)cc2)=NN1C(=O)c1c(F)cc(F)cc1F. The van der Waals surface area contributed by atoms with Crippen LogP contribution in [0.25, 0.3) is 0 Å². The molecule has 0 N–H and O–H groups in total. The number of carbonyl (C=O) groups excluding carboxylic acids is 1. The van der Waals surface area contributed by atoms with Gasteiger partial charge >= 0.3 is 0 Å². The minimum Gasteiger partial charge on any atom is -0.481 e. The molecular formula is C21H13F4N3O2S. The normalized spacial score (nSPS) is 15.7. The number of ether oxygens (including phenoxy) is 1. The van der Waals surface area contributed by atoms with Gasteiger partial charge in [0, 0.05) is 29.5 Å². The van der Waals surface area contributed by atoms with Gasteiger partial charge in [0.1, 0.15) is 39.2 Å². The lowest BCUT2D eigenvalue weighted by Crippen LogP contribution is -2.28. The van der Waals surface area contributed by atoms with Crippen LogP contribution in [0.15, 0.2) is 59.8 Å². The van der Waals surface area contributed by atoms with Crippen LogP contribution in [0, 0.1) is 23.3 Å². The second-order valence-corrected chi connectivity index (χ2v) is 7.45. The zero-order valence-electron chi connectivity index (χ0n) is 15.9. The molecule has 0 unspecified atom stereocenters. The molecule has 4 rings (SSSR count). The Morgan fingerprint density at radius 2 is 1.71 bits per heavy atom. The number of benzene rings is 2. The molecule has 5 nitrogen and oxygen atoms in total. The highest BCUT2D eigenvalue weighted by Crippen LogP contribution is 2.44. The summed E-state index contributed by atoms with van der Waals surface area (Å²) in [6.45, 7) is 0. The summed E-state index contributed by atoms with van der Waals surface area (Å²) in [5.41, 5.74) is -0.0271. The number of aromatic nitrogens is 1. The van der Waals surface area contributed by atoms with Crippen LogP contribution in [0.1, 0.15) is 26.9 Å². The maximum absolute atomic E-state index is 14.3. The highest BCUT2D eigenvalue weighted by atomic mass is 32.2. The first-order chi connectivity index (χ1) is 14.9. The molecular weight excluding hydrogens is 434 g/mol. The average Bonchev–Trinajstić information content (AvgIpc) is 3.18. The van der Waals surface area contributed by atoms with Gasteiger partial charge in [-0.25, -0.2) is 27.6 Å². The predicted octanol–water partition coefficient (Wildman–Crippen LogP) is 4.90. The van der Waals surface area contributed by atoms with Crippen molar-refractivity contribution in [2.75, 3.05) is 7.11 Å². The summed E-state index contributed by atoms with van der Waals surface area (Å²) < 4.78 is 60.5. The molecule has 0 radical (unpaired) electrons. The fraction of sp³-hybridized carbons (Fsp3) is 0.0952. The molecule has 2 heterocycles. The van der Waals surface area contributed by atoms with E-state index in [2.05, 4.69) is 10.1 Å². The summed E-state index contributed by atoms with van der Waals surface area (Å²) >= 11 is 1.09. The van der Waals surface area contributed by atoms with E-state index in [1.54, 1.807) is 12.1 Å². The standard InChI is InChI=1S/C21H13F4N3O2S/c1-30-18-14(3-2-8-26-18)21-28(20(29)17-15(24)9-13(23)10-16(17)25)27-19(31-21)11-4-6-12(22)7-5-11/h2-10,21H,1H3/t21-/m1/s1. The molecule has 1 aliphatic heterocycles. The average molecular weight is 447 g/mol. The number of halogens is 4. The Morgan fingerprint density at radius 1 is 1.03 bits per heavy atom. The van der Waals surface area contributed by atoms with Crippen LogP contribution in [0.2, 0.25) is 0 Å². The van der Waals surface area contributed by atoms with Gasteiger partial charge in [0.2, 0.25) is 5.88 Å². The molecule has 3 aromatic rings. The maximum Gasteiger partial charge on any atom is 0.281 e. The summed E-state index contributed by atoms with van der Waals surface area (Å²) in [4.78, 5) is 17.2. The molecule has 0 spiro atoms. The Labute approximate surface area is 178 Å². The molecule has 31 heavy (non-hydrogen) atoms. The molecule has 1 aliphatic rings. The van der Waals surface area contributed by atoms with Crippen molar-refractivity contribution in [3.05, 3.63) is 94.7 Å². The van der Waals surface area contributed by atoms with Crippen LogP contribution in [-0.2, 0) is 0 Å². The topological polar surface area (TPSA) is 54.8 Å². The number of carbonyl (C=O) groups is 1. The van der Waals surface area contributed by atoms with Crippen molar-refractivity contribution in [1.29, 1.82) is 0 Å². The molecule has 10 heteroatoms. The fourth-order valence-electron chi connectivity index (χ4n) is 3.02. The van der Waals surface area contributed by atoms with Crippen LogP contribution < -0.4 is 4.74 Å². The molecule has 0 saturated heterocycles. The number of hydrazone groups is 1. The van der Waals surface area contributed by atoms with E-state index < -0.39 is 40.1 Å². The van der Waals surface area contributed by atoms with Gasteiger partial charge in [-0.1, -0.05) is 11.8 Å². The number of nitrogens with zero attached hydrogens (tertiary/aromatic N) is 3. The van der Waals surface area contributed by atoms with Crippen molar-refractivity contribution in [1.82, 2.24) is 9.99 Å². The van der Waals surface area contributed by atoms with Gasteiger partial charge in [0.15, 0.2) is 0 Å². The zero-order chi connectivity index (χ0) is 22.1. The third-order valence-corrected chi connectivity index (χ3v) is 5.64. The number of amides is 1. The van der Waals surface area contributed by atoms with E-state index in [4.69, 9.17) is 4.74 Å². The highest BCUT2D eigenvalue weighted by molar-refractivity contribution is 8.14. The molecule has 2 aromatic carbocycles. The lowest BCUT2D eigenvalue weighted by atomic mass is 10.1. The molecule has 0 saturated carbocycles. The summed E-state index contributed by atoms with van der Waals surface area (Å²) in [5.74, 6) is -5.24. The molecule has 0 bridgehead atoms.